The fraction of sp³-hybridized carbons (Fsp3) is 0.481. The van der Waals surface area contributed by atoms with Gasteiger partial charge in [-0.1, -0.05) is 86.9 Å². The normalized spacial score (nSPS) is 16.2. The van der Waals surface area contributed by atoms with Crippen LogP contribution < -0.4 is 5.43 Å². The molecule has 0 spiro atoms. The van der Waals surface area contributed by atoms with E-state index < -0.39 is 15.9 Å². The van der Waals surface area contributed by atoms with E-state index in [0.29, 0.717) is 5.02 Å². The van der Waals surface area contributed by atoms with E-state index >= 15 is 0 Å². The molecule has 0 heterocycles. The van der Waals surface area contributed by atoms with Crippen molar-refractivity contribution >= 4 is 33.2 Å². The van der Waals surface area contributed by atoms with E-state index in [4.69, 9.17) is 11.6 Å². The molecule has 1 saturated carbocycles. The SMILES string of the molecule is O=C(CN(Cc1ccccc1)S(=O)(=O)c1ccc(Cl)cc1)NN=C1CCCCCCCCCCC1. The third-order valence-electron chi connectivity index (χ3n) is 6.24. The van der Waals surface area contributed by atoms with Gasteiger partial charge in [0.15, 0.2) is 0 Å². The van der Waals surface area contributed by atoms with E-state index in [-0.39, 0.29) is 18.0 Å². The van der Waals surface area contributed by atoms with Crippen LogP contribution in [0, 0.1) is 0 Å². The maximum Gasteiger partial charge on any atom is 0.255 e. The van der Waals surface area contributed by atoms with Crippen LogP contribution in [0.1, 0.15) is 76.2 Å². The van der Waals surface area contributed by atoms with Crippen molar-refractivity contribution in [2.45, 2.75) is 82.1 Å². The van der Waals surface area contributed by atoms with Crippen LogP contribution >= 0.6 is 11.6 Å². The van der Waals surface area contributed by atoms with Gasteiger partial charge in [-0.05, 0) is 55.5 Å². The lowest BCUT2D eigenvalue weighted by Crippen LogP contribution is -2.39. The molecular weight excluding hydrogens is 482 g/mol. The minimum Gasteiger partial charge on any atom is -0.272 e. The molecule has 0 aliphatic heterocycles. The molecular formula is C27H36ClN3O3S. The molecule has 1 fully saturated rings. The van der Waals surface area contributed by atoms with Crippen molar-refractivity contribution in [3.63, 3.8) is 0 Å². The molecule has 190 valence electrons. The fourth-order valence-electron chi connectivity index (χ4n) is 4.24. The van der Waals surface area contributed by atoms with E-state index in [0.717, 1.165) is 37.0 Å². The van der Waals surface area contributed by atoms with Gasteiger partial charge in [-0.25, -0.2) is 13.8 Å². The molecule has 8 heteroatoms. The van der Waals surface area contributed by atoms with Crippen molar-refractivity contribution in [1.82, 2.24) is 9.73 Å². The summed E-state index contributed by atoms with van der Waals surface area (Å²) in [6.07, 6.45) is 12.6. The second-order valence-electron chi connectivity index (χ2n) is 9.11. The molecule has 0 unspecified atom stereocenters. The lowest BCUT2D eigenvalue weighted by molar-refractivity contribution is -0.121. The Morgan fingerprint density at radius 3 is 1.94 bits per heavy atom. The average Bonchev–Trinajstić information content (AvgIpc) is 2.84. The molecule has 0 bridgehead atoms. The summed E-state index contributed by atoms with van der Waals surface area (Å²) < 4.78 is 27.9. The number of hydrogen-bond acceptors (Lipinski definition) is 4. The molecule has 1 amide bonds. The van der Waals surface area contributed by atoms with Crippen LogP contribution in [-0.2, 0) is 21.4 Å². The highest BCUT2D eigenvalue weighted by Gasteiger charge is 2.27. The topological polar surface area (TPSA) is 78.8 Å². The van der Waals surface area contributed by atoms with E-state index in [9.17, 15) is 13.2 Å². The number of carbonyl (C=O) groups is 1. The Morgan fingerprint density at radius 2 is 1.37 bits per heavy atom. The summed E-state index contributed by atoms with van der Waals surface area (Å²) in [5.74, 6) is -0.447. The second-order valence-corrected chi connectivity index (χ2v) is 11.5. The van der Waals surface area contributed by atoms with Crippen LogP contribution in [0.3, 0.4) is 0 Å². The van der Waals surface area contributed by atoms with Gasteiger partial charge in [0, 0.05) is 17.3 Å². The number of halogens is 1. The maximum absolute atomic E-state index is 13.4. The standard InChI is InChI=1S/C27H36ClN3O3S/c28-24-17-19-26(20-18-24)35(33,34)31(21-23-13-9-8-10-14-23)22-27(32)30-29-25-15-11-6-4-2-1-3-5-7-12-16-25/h8-10,13-14,17-20H,1-7,11-12,15-16,21-22H2,(H,30,32). The third-order valence-corrected chi connectivity index (χ3v) is 8.30. The molecule has 6 nitrogen and oxygen atoms in total. The Bertz CT molecular complexity index is 1040. The third kappa shape index (κ3) is 9.39. The van der Waals surface area contributed by atoms with Crippen LogP contribution in [0.2, 0.25) is 5.02 Å². The highest BCUT2D eigenvalue weighted by atomic mass is 35.5. The molecule has 0 atom stereocenters. The molecule has 1 N–H and O–H groups in total. The van der Waals surface area contributed by atoms with Gasteiger partial charge in [0.05, 0.1) is 11.4 Å². The zero-order valence-corrected chi connectivity index (χ0v) is 21.9. The van der Waals surface area contributed by atoms with Crippen molar-refractivity contribution in [2.24, 2.45) is 5.10 Å². The highest BCUT2D eigenvalue weighted by Crippen LogP contribution is 2.21. The van der Waals surface area contributed by atoms with Gasteiger partial charge in [0.25, 0.3) is 5.91 Å². The number of nitrogens with one attached hydrogen (secondary N) is 1. The predicted molar refractivity (Wildman–Crippen MR) is 142 cm³/mol. The summed E-state index contributed by atoms with van der Waals surface area (Å²) in [6.45, 7) is -0.244. The molecule has 35 heavy (non-hydrogen) atoms. The van der Waals surface area contributed by atoms with Crippen LogP contribution in [0.15, 0.2) is 64.6 Å². The highest BCUT2D eigenvalue weighted by molar-refractivity contribution is 7.89. The van der Waals surface area contributed by atoms with Gasteiger partial charge in [-0.15, -0.1) is 0 Å². The van der Waals surface area contributed by atoms with Gasteiger partial charge in [0.2, 0.25) is 10.0 Å². The van der Waals surface area contributed by atoms with Crippen LogP contribution in [0.5, 0.6) is 0 Å². The van der Waals surface area contributed by atoms with Gasteiger partial charge in [0.1, 0.15) is 0 Å². The lowest BCUT2D eigenvalue weighted by Gasteiger charge is -2.21. The maximum atomic E-state index is 13.4. The number of nitrogens with zero attached hydrogens (tertiary/aromatic N) is 2. The molecule has 0 radical (unpaired) electrons. The van der Waals surface area contributed by atoms with E-state index in [1.54, 1.807) is 0 Å². The summed E-state index contributed by atoms with van der Waals surface area (Å²) in [6, 6.07) is 15.2. The zero-order chi connectivity index (χ0) is 24.9. The average molecular weight is 518 g/mol. The summed E-state index contributed by atoms with van der Waals surface area (Å²) in [7, 11) is -3.92. The zero-order valence-electron chi connectivity index (χ0n) is 20.3. The summed E-state index contributed by atoms with van der Waals surface area (Å²) >= 11 is 5.94. The van der Waals surface area contributed by atoms with Gasteiger partial charge in [-0.3, -0.25) is 4.79 Å². The number of carbonyl (C=O) groups excluding carboxylic acids is 1. The molecule has 3 rings (SSSR count). The number of sulfonamides is 1. The first-order valence-corrected chi connectivity index (χ1v) is 14.4. The Labute approximate surface area is 214 Å². The van der Waals surface area contributed by atoms with Crippen molar-refractivity contribution in [1.29, 1.82) is 0 Å². The summed E-state index contributed by atoms with van der Waals surface area (Å²) in [4.78, 5) is 12.9. The Morgan fingerprint density at radius 1 is 0.829 bits per heavy atom. The van der Waals surface area contributed by atoms with E-state index in [2.05, 4.69) is 10.5 Å². The van der Waals surface area contributed by atoms with Crippen LogP contribution in [0.25, 0.3) is 0 Å². The number of hydrazone groups is 1. The van der Waals surface area contributed by atoms with Crippen molar-refractivity contribution in [2.75, 3.05) is 6.54 Å². The van der Waals surface area contributed by atoms with Crippen molar-refractivity contribution in [3.05, 3.63) is 65.2 Å². The Hall–Kier alpha value is -2.22. The number of hydrogen-bond donors (Lipinski definition) is 1. The molecule has 1 aliphatic rings. The van der Waals surface area contributed by atoms with Gasteiger partial charge < -0.3 is 0 Å². The largest absolute Gasteiger partial charge is 0.272 e. The minimum atomic E-state index is -3.92. The predicted octanol–water partition coefficient (Wildman–Crippen LogP) is 6.31. The smallest absolute Gasteiger partial charge is 0.255 e. The minimum absolute atomic E-state index is 0.0792. The van der Waals surface area contributed by atoms with Gasteiger partial charge in [-0.2, -0.15) is 9.41 Å². The quantitative estimate of drug-likeness (QED) is 0.437. The van der Waals surface area contributed by atoms with Crippen molar-refractivity contribution in [3.8, 4) is 0 Å². The number of amides is 1. The first-order valence-electron chi connectivity index (χ1n) is 12.6. The molecule has 2 aromatic rings. The number of benzene rings is 2. The molecule has 0 aromatic heterocycles. The monoisotopic (exact) mass is 517 g/mol. The van der Waals surface area contributed by atoms with Gasteiger partial charge >= 0.3 is 0 Å². The summed E-state index contributed by atoms with van der Waals surface area (Å²) in [5.41, 5.74) is 4.42. The second kappa shape index (κ2) is 14.4. The summed E-state index contributed by atoms with van der Waals surface area (Å²) in [5, 5.41) is 4.86. The van der Waals surface area contributed by atoms with E-state index in [1.807, 2.05) is 30.3 Å². The van der Waals surface area contributed by atoms with E-state index in [1.165, 1.54) is 73.5 Å². The lowest BCUT2D eigenvalue weighted by atomic mass is 10.00. The molecule has 1 aliphatic carbocycles. The van der Waals surface area contributed by atoms with Crippen molar-refractivity contribution < 1.29 is 13.2 Å². The van der Waals surface area contributed by atoms with Crippen LogP contribution in [0.4, 0.5) is 0 Å². The first kappa shape index (κ1) is 27.4. The van der Waals surface area contributed by atoms with Crippen LogP contribution in [-0.4, -0.2) is 30.9 Å². The molecule has 2 aromatic carbocycles. The Balaban J connectivity index is 1.70. The molecule has 0 saturated heterocycles. The number of rotatable bonds is 7. The Kier molecular flexibility index (Phi) is 11.2. The first-order chi connectivity index (χ1) is 16.9. The fourth-order valence-corrected chi connectivity index (χ4v) is 5.75.